The second kappa shape index (κ2) is 8.51. The van der Waals surface area contributed by atoms with Crippen LogP contribution in [0.15, 0.2) is 48.5 Å². The fraction of sp³-hybridized carbons (Fsp3) is 0.429. The minimum atomic E-state index is -3.46. The van der Waals surface area contributed by atoms with Crippen molar-refractivity contribution in [3.05, 3.63) is 59.7 Å². The van der Waals surface area contributed by atoms with Crippen LogP contribution in [0.2, 0.25) is 0 Å². The van der Waals surface area contributed by atoms with Crippen molar-refractivity contribution < 1.29 is 17.9 Å². The van der Waals surface area contributed by atoms with Crippen molar-refractivity contribution in [3.63, 3.8) is 0 Å². The van der Waals surface area contributed by atoms with Crippen LogP contribution in [0.1, 0.15) is 37.1 Å². The first-order valence-corrected chi connectivity index (χ1v) is 11.0. The van der Waals surface area contributed by atoms with Gasteiger partial charge in [-0.25, -0.2) is 8.42 Å². The minimum absolute atomic E-state index is 0.123. The molecule has 0 radical (unpaired) electrons. The van der Waals surface area contributed by atoms with Crippen LogP contribution in [-0.4, -0.2) is 27.8 Å². The molecule has 0 amide bonds. The highest BCUT2D eigenvalue weighted by Gasteiger charge is 2.44. The maximum absolute atomic E-state index is 12.7. The average Bonchev–Trinajstić information content (AvgIpc) is 2.89. The van der Waals surface area contributed by atoms with Crippen molar-refractivity contribution in [1.82, 2.24) is 10.0 Å². The average molecular weight is 405 g/mol. The number of sulfonamides is 1. The van der Waals surface area contributed by atoms with E-state index in [-0.39, 0.29) is 18.2 Å². The van der Waals surface area contributed by atoms with Gasteiger partial charge in [0.1, 0.15) is 16.7 Å². The Hall–Kier alpha value is -2.09. The summed E-state index contributed by atoms with van der Waals surface area (Å²) in [5.41, 5.74) is 1.83. The van der Waals surface area contributed by atoms with Gasteiger partial charge in [-0.2, -0.15) is 4.72 Å². The predicted octanol–water partition coefficient (Wildman–Crippen LogP) is 3.21. The van der Waals surface area contributed by atoms with Crippen molar-refractivity contribution in [2.45, 2.75) is 44.8 Å². The lowest BCUT2D eigenvalue weighted by atomic mass is 9.97. The summed E-state index contributed by atoms with van der Waals surface area (Å²) in [7, 11) is -1.87. The van der Waals surface area contributed by atoms with Crippen LogP contribution < -0.4 is 19.5 Å². The van der Waals surface area contributed by atoms with Gasteiger partial charge in [0, 0.05) is 12.5 Å². The highest BCUT2D eigenvalue weighted by atomic mass is 32.2. The molecule has 28 heavy (non-hydrogen) atoms. The van der Waals surface area contributed by atoms with Crippen LogP contribution in [0.3, 0.4) is 0 Å². The Balaban J connectivity index is 1.66. The van der Waals surface area contributed by atoms with Crippen LogP contribution in [0.4, 0.5) is 0 Å². The Morgan fingerprint density at radius 1 is 1.04 bits per heavy atom. The number of ether oxygens (including phenoxy) is 2. The quantitative estimate of drug-likeness (QED) is 0.741. The van der Waals surface area contributed by atoms with E-state index in [1.165, 1.54) is 0 Å². The monoisotopic (exact) mass is 404 g/mol. The van der Waals surface area contributed by atoms with Crippen molar-refractivity contribution in [2.24, 2.45) is 5.92 Å². The molecular formula is C21H28N2O4S. The summed E-state index contributed by atoms with van der Waals surface area (Å²) < 4.78 is 39.0. The zero-order valence-electron chi connectivity index (χ0n) is 16.7. The summed E-state index contributed by atoms with van der Waals surface area (Å²) in [5.74, 6) is 1.41. The topological polar surface area (TPSA) is 76.7 Å². The molecule has 1 aliphatic heterocycles. The molecule has 6 nitrogen and oxygen atoms in total. The molecule has 2 aromatic rings. The lowest BCUT2D eigenvalue weighted by molar-refractivity contribution is 0.242. The van der Waals surface area contributed by atoms with E-state index in [2.05, 4.69) is 10.0 Å². The molecule has 3 rings (SSSR count). The Labute approximate surface area is 167 Å². The SMILES string of the molecule is COc1ccc(C2C(C)C(NCc3ccc(OC(C)C)cc3)NS2(=O)=O)cc1. The van der Waals surface area contributed by atoms with Gasteiger partial charge in [-0.05, 0) is 49.2 Å². The molecule has 2 N–H and O–H groups in total. The van der Waals surface area contributed by atoms with Crippen molar-refractivity contribution in [1.29, 1.82) is 0 Å². The van der Waals surface area contributed by atoms with E-state index in [0.717, 1.165) is 16.9 Å². The molecule has 0 bridgehead atoms. The number of methoxy groups -OCH3 is 1. The number of hydrogen-bond acceptors (Lipinski definition) is 5. The van der Waals surface area contributed by atoms with Crippen LogP contribution in [0.5, 0.6) is 11.5 Å². The first-order chi connectivity index (χ1) is 13.3. The Kier molecular flexibility index (Phi) is 6.27. The highest BCUT2D eigenvalue weighted by molar-refractivity contribution is 7.90. The van der Waals surface area contributed by atoms with Gasteiger partial charge in [0.25, 0.3) is 0 Å². The third kappa shape index (κ3) is 4.66. The maximum atomic E-state index is 12.7. The summed E-state index contributed by atoms with van der Waals surface area (Å²) in [4.78, 5) is 0. The third-order valence-corrected chi connectivity index (χ3v) is 6.85. The Morgan fingerprint density at radius 2 is 1.64 bits per heavy atom. The van der Waals surface area contributed by atoms with Crippen LogP contribution in [-0.2, 0) is 16.6 Å². The highest BCUT2D eigenvalue weighted by Crippen LogP contribution is 2.37. The molecule has 3 unspecified atom stereocenters. The van der Waals surface area contributed by atoms with Gasteiger partial charge >= 0.3 is 0 Å². The van der Waals surface area contributed by atoms with E-state index in [9.17, 15) is 8.42 Å². The molecule has 1 saturated heterocycles. The summed E-state index contributed by atoms with van der Waals surface area (Å²) >= 11 is 0. The summed E-state index contributed by atoms with van der Waals surface area (Å²) in [6, 6.07) is 15.0. The fourth-order valence-electron chi connectivity index (χ4n) is 3.50. The van der Waals surface area contributed by atoms with Crippen LogP contribution >= 0.6 is 0 Å². The first-order valence-electron chi connectivity index (χ1n) is 9.44. The summed E-state index contributed by atoms with van der Waals surface area (Å²) in [6.07, 6.45) is -0.198. The van der Waals surface area contributed by atoms with Gasteiger partial charge in [-0.3, -0.25) is 5.32 Å². The molecule has 152 valence electrons. The van der Waals surface area contributed by atoms with Crippen molar-refractivity contribution in [2.75, 3.05) is 7.11 Å². The molecule has 1 fully saturated rings. The van der Waals surface area contributed by atoms with Crippen LogP contribution in [0.25, 0.3) is 0 Å². The standard InChI is InChI=1S/C21H28N2O4S/c1-14(2)27-19-9-5-16(6-10-19)13-22-21-15(3)20(28(24,25)23-21)17-7-11-18(26-4)12-8-17/h5-12,14-15,20-23H,13H2,1-4H3. The molecule has 1 heterocycles. The molecule has 1 aliphatic rings. The Bertz CT molecular complexity index is 880. The van der Waals surface area contributed by atoms with Gasteiger partial charge in [0.15, 0.2) is 0 Å². The molecule has 2 aromatic carbocycles. The van der Waals surface area contributed by atoms with Gasteiger partial charge in [0.2, 0.25) is 10.0 Å². The summed E-state index contributed by atoms with van der Waals surface area (Å²) in [5, 5.41) is 2.73. The number of rotatable bonds is 7. The van der Waals surface area contributed by atoms with E-state index in [0.29, 0.717) is 12.3 Å². The molecule has 3 atom stereocenters. The normalized spacial score (nSPS) is 23.7. The van der Waals surface area contributed by atoms with Gasteiger partial charge < -0.3 is 9.47 Å². The zero-order valence-corrected chi connectivity index (χ0v) is 17.5. The van der Waals surface area contributed by atoms with Crippen LogP contribution in [0, 0.1) is 5.92 Å². The van der Waals surface area contributed by atoms with Crippen molar-refractivity contribution >= 4 is 10.0 Å². The van der Waals surface area contributed by atoms with Crippen molar-refractivity contribution in [3.8, 4) is 11.5 Å². The molecule has 0 aromatic heterocycles. The Morgan fingerprint density at radius 3 is 2.21 bits per heavy atom. The smallest absolute Gasteiger partial charge is 0.220 e. The number of hydrogen-bond donors (Lipinski definition) is 2. The third-order valence-electron chi connectivity index (χ3n) is 4.89. The number of benzene rings is 2. The minimum Gasteiger partial charge on any atom is -0.497 e. The van der Waals surface area contributed by atoms with E-state index in [1.54, 1.807) is 19.2 Å². The van der Waals surface area contributed by atoms with Gasteiger partial charge in [-0.1, -0.05) is 31.2 Å². The van der Waals surface area contributed by atoms with Gasteiger partial charge in [-0.15, -0.1) is 0 Å². The van der Waals surface area contributed by atoms with Gasteiger partial charge in [0.05, 0.1) is 19.4 Å². The molecule has 7 heteroatoms. The zero-order chi connectivity index (χ0) is 20.3. The second-order valence-corrected chi connectivity index (χ2v) is 9.22. The maximum Gasteiger partial charge on any atom is 0.220 e. The predicted molar refractivity (Wildman–Crippen MR) is 110 cm³/mol. The second-order valence-electron chi connectivity index (χ2n) is 7.38. The molecule has 0 saturated carbocycles. The fourth-order valence-corrected chi connectivity index (χ4v) is 5.54. The molecular weight excluding hydrogens is 376 g/mol. The van der Waals surface area contributed by atoms with E-state index < -0.39 is 15.3 Å². The lowest BCUT2D eigenvalue weighted by Crippen LogP contribution is -2.41. The lowest BCUT2D eigenvalue weighted by Gasteiger charge is -2.19. The van der Waals surface area contributed by atoms with E-state index in [1.807, 2.05) is 57.2 Å². The largest absolute Gasteiger partial charge is 0.497 e. The molecule has 0 spiro atoms. The van der Waals surface area contributed by atoms with E-state index in [4.69, 9.17) is 9.47 Å². The number of nitrogens with one attached hydrogen (secondary N) is 2. The molecule has 0 aliphatic carbocycles. The summed E-state index contributed by atoms with van der Waals surface area (Å²) in [6.45, 7) is 6.49. The van der Waals surface area contributed by atoms with E-state index >= 15 is 0 Å². The first kappa shape index (κ1) is 20.6.